The number of nitrogens with one attached hydrogen (secondary N) is 1. The van der Waals surface area contributed by atoms with E-state index in [-0.39, 0.29) is 24.4 Å². The predicted octanol–water partition coefficient (Wildman–Crippen LogP) is 2.24. The molecule has 1 aliphatic rings. The molecule has 1 aliphatic carbocycles. The van der Waals surface area contributed by atoms with Gasteiger partial charge in [-0.05, 0) is 43.0 Å². The Bertz CT molecular complexity index is 794. The number of carbonyl (C=O) groups is 2. The normalized spacial score (nSPS) is 18.9. The molecule has 2 atom stereocenters. The Morgan fingerprint density at radius 3 is 2.52 bits per heavy atom. The third kappa shape index (κ3) is 5.31. The van der Waals surface area contributed by atoms with Crippen LogP contribution in [0, 0.1) is 5.92 Å². The van der Waals surface area contributed by atoms with Crippen molar-refractivity contribution in [3.05, 3.63) is 60.2 Å². The van der Waals surface area contributed by atoms with Crippen molar-refractivity contribution in [1.82, 2.24) is 0 Å². The van der Waals surface area contributed by atoms with E-state index in [4.69, 9.17) is 11.5 Å². The van der Waals surface area contributed by atoms with E-state index in [0.717, 1.165) is 30.5 Å². The first-order valence-corrected chi connectivity index (χ1v) is 9.25. The van der Waals surface area contributed by atoms with Crippen molar-refractivity contribution in [3.8, 4) is 0 Å². The summed E-state index contributed by atoms with van der Waals surface area (Å²) in [6.45, 7) is 0.655. The molecule has 1 fully saturated rings. The zero-order chi connectivity index (χ0) is 19.2. The van der Waals surface area contributed by atoms with Crippen molar-refractivity contribution >= 4 is 23.2 Å². The van der Waals surface area contributed by atoms with Gasteiger partial charge in [0.1, 0.15) is 0 Å². The van der Waals surface area contributed by atoms with E-state index in [1.807, 2.05) is 59.5 Å². The summed E-state index contributed by atoms with van der Waals surface area (Å²) in [5, 5.41) is 2.98. The molecule has 0 saturated heterocycles. The third-order valence-electron chi connectivity index (χ3n) is 4.89. The Morgan fingerprint density at radius 2 is 1.85 bits per heavy atom. The van der Waals surface area contributed by atoms with Crippen LogP contribution in [0.3, 0.4) is 0 Å². The molecule has 0 aliphatic heterocycles. The monoisotopic (exact) mass is 366 g/mol. The lowest BCUT2D eigenvalue weighted by Crippen LogP contribution is -2.33. The maximum absolute atomic E-state index is 12.5. The highest BCUT2D eigenvalue weighted by molar-refractivity contribution is 5.93. The van der Waals surface area contributed by atoms with Crippen LogP contribution in [0.2, 0.25) is 0 Å². The molecule has 0 bridgehead atoms. The van der Waals surface area contributed by atoms with Gasteiger partial charge in [-0.15, -0.1) is 0 Å². The first-order valence-electron chi connectivity index (χ1n) is 9.25. The molecule has 142 valence electrons. The number of benzene rings is 2. The first kappa shape index (κ1) is 18.9. The Kier molecular flexibility index (Phi) is 6.08. The van der Waals surface area contributed by atoms with Crippen molar-refractivity contribution < 1.29 is 9.59 Å². The zero-order valence-corrected chi connectivity index (χ0v) is 15.3. The van der Waals surface area contributed by atoms with Crippen LogP contribution < -0.4 is 21.7 Å². The summed E-state index contributed by atoms with van der Waals surface area (Å²) in [6.07, 6.45) is 2.45. The number of carbonyl (C=O) groups excluding carboxylic acids is 2. The molecule has 2 aromatic carbocycles. The van der Waals surface area contributed by atoms with Crippen LogP contribution >= 0.6 is 0 Å². The quantitative estimate of drug-likeness (QED) is 0.699. The standard InChI is InChI=1S/C21H26N4O2/c22-17-10-9-16(11-17)21(27)24-18-7-4-8-19(12-18)25(14-20(23)26)13-15-5-2-1-3-6-15/h1-8,12,16-17H,9-11,13-14,22H2,(H2,23,26)(H,24,27). The Hall–Kier alpha value is -2.86. The van der Waals surface area contributed by atoms with Gasteiger partial charge in [0.05, 0.1) is 6.54 Å². The maximum Gasteiger partial charge on any atom is 0.236 e. The van der Waals surface area contributed by atoms with Gasteiger partial charge in [0.15, 0.2) is 0 Å². The summed E-state index contributed by atoms with van der Waals surface area (Å²) in [4.78, 5) is 25.9. The molecule has 6 nitrogen and oxygen atoms in total. The van der Waals surface area contributed by atoms with Crippen molar-refractivity contribution in [3.63, 3.8) is 0 Å². The number of anilines is 2. The van der Waals surface area contributed by atoms with Crippen LogP contribution in [0.15, 0.2) is 54.6 Å². The minimum Gasteiger partial charge on any atom is -0.368 e. The molecular formula is C21H26N4O2. The van der Waals surface area contributed by atoms with Gasteiger partial charge in [0.25, 0.3) is 0 Å². The molecule has 0 aromatic heterocycles. The second kappa shape index (κ2) is 8.68. The molecular weight excluding hydrogens is 340 g/mol. The molecule has 0 spiro atoms. The number of amides is 2. The van der Waals surface area contributed by atoms with E-state index in [9.17, 15) is 9.59 Å². The largest absolute Gasteiger partial charge is 0.368 e. The van der Waals surface area contributed by atoms with Crippen molar-refractivity contribution in [2.45, 2.75) is 31.8 Å². The number of hydrogen-bond acceptors (Lipinski definition) is 4. The van der Waals surface area contributed by atoms with Gasteiger partial charge in [-0.3, -0.25) is 9.59 Å². The van der Waals surface area contributed by atoms with Gasteiger partial charge >= 0.3 is 0 Å². The second-order valence-corrected chi connectivity index (χ2v) is 7.12. The average Bonchev–Trinajstić information content (AvgIpc) is 3.08. The fourth-order valence-electron chi connectivity index (χ4n) is 3.51. The summed E-state index contributed by atoms with van der Waals surface area (Å²) in [5.41, 5.74) is 14.0. The highest BCUT2D eigenvalue weighted by Crippen LogP contribution is 2.27. The smallest absolute Gasteiger partial charge is 0.236 e. The van der Waals surface area contributed by atoms with Crippen LogP contribution in [0.5, 0.6) is 0 Å². The van der Waals surface area contributed by atoms with Crippen molar-refractivity contribution in [2.75, 3.05) is 16.8 Å². The van der Waals surface area contributed by atoms with E-state index >= 15 is 0 Å². The SMILES string of the molecule is NC(=O)CN(Cc1ccccc1)c1cccc(NC(=O)C2CCC(N)C2)c1. The summed E-state index contributed by atoms with van der Waals surface area (Å²) in [5.74, 6) is -0.431. The highest BCUT2D eigenvalue weighted by Gasteiger charge is 2.27. The number of nitrogens with zero attached hydrogens (tertiary/aromatic N) is 1. The molecule has 2 aromatic rings. The number of primary amides is 1. The molecule has 1 saturated carbocycles. The van der Waals surface area contributed by atoms with Crippen LogP contribution in [0.4, 0.5) is 11.4 Å². The third-order valence-corrected chi connectivity index (χ3v) is 4.89. The zero-order valence-electron chi connectivity index (χ0n) is 15.3. The molecule has 2 unspecified atom stereocenters. The number of nitrogens with two attached hydrogens (primary N) is 2. The Labute approximate surface area is 159 Å². The number of hydrogen-bond donors (Lipinski definition) is 3. The topological polar surface area (TPSA) is 101 Å². The van der Waals surface area contributed by atoms with E-state index in [0.29, 0.717) is 12.2 Å². The molecule has 2 amide bonds. The molecule has 3 rings (SSSR count). The molecule has 0 heterocycles. The summed E-state index contributed by atoms with van der Waals surface area (Å²) < 4.78 is 0. The lowest BCUT2D eigenvalue weighted by molar-refractivity contribution is -0.119. The van der Waals surface area contributed by atoms with Gasteiger partial charge in [0, 0.05) is 29.9 Å². The summed E-state index contributed by atoms with van der Waals surface area (Å²) >= 11 is 0. The first-order chi connectivity index (χ1) is 13.0. The predicted molar refractivity (Wildman–Crippen MR) is 107 cm³/mol. The fourth-order valence-corrected chi connectivity index (χ4v) is 3.51. The molecule has 27 heavy (non-hydrogen) atoms. The maximum atomic E-state index is 12.5. The number of rotatable bonds is 7. The Balaban J connectivity index is 1.74. The molecule has 0 radical (unpaired) electrons. The fraction of sp³-hybridized carbons (Fsp3) is 0.333. The Morgan fingerprint density at radius 1 is 1.07 bits per heavy atom. The van der Waals surface area contributed by atoms with Crippen LogP contribution in [-0.4, -0.2) is 24.4 Å². The average molecular weight is 366 g/mol. The van der Waals surface area contributed by atoms with E-state index in [1.165, 1.54) is 0 Å². The van der Waals surface area contributed by atoms with Crippen LogP contribution in [0.1, 0.15) is 24.8 Å². The lowest BCUT2D eigenvalue weighted by Gasteiger charge is -2.24. The molecule has 5 N–H and O–H groups in total. The minimum atomic E-state index is -0.402. The summed E-state index contributed by atoms with van der Waals surface area (Å²) in [6, 6.07) is 17.5. The van der Waals surface area contributed by atoms with Gasteiger partial charge in [-0.1, -0.05) is 36.4 Å². The highest BCUT2D eigenvalue weighted by atomic mass is 16.2. The van der Waals surface area contributed by atoms with E-state index < -0.39 is 5.91 Å². The van der Waals surface area contributed by atoms with Gasteiger partial charge < -0.3 is 21.7 Å². The van der Waals surface area contributed by atoms with Crippen LogP contribution in [0.25, 0.3) is 0 Å². The van der Waals surface area contributed by atoms with E-state index in [2.05, 4.69) is 5.32 Å². The second-order valence-electron chi connectivity index (χ2n) is 7.12. The van der Waals surface area contributed by atoms with Crippen molar-refractivity contribution in [1.29, 1.82) is 0 Å². The van der Waals surface area contributed by atoms with Crippen LogP contribution in [-0.2, 0) is 16.1 Å². The van der Waals surface area contributed by atoms with E-state index in [1.54, 1.807) is 0 Å². The van der Waals surface area contributed by atoms with Gasteiger partial charge in [-0.25, -0.2) is 0 Å². The lowest BCUT2D eigenvalue weighted by atomic mass is 10.1. The van der Waals surface area contributed by atoms with Gasteiger partial charge in [0.2, 0.25) is 11.8 Å². The summed E-state index contributed by atoms with van der Waals surface area (Å²) in [7, 11) is 0. The van der Waals surface area contributed by atoms with Crippen molar-refractivity contribution in [2.24, 2.45) is 17.4 Å². The molecule has 6 heteroatoms. The van der Waals surface area contributed by atoms with Gasteiger partial charge in [-0.2, -0.15) is 0 Å². The minimum absolute atomic E-state index is 0.00427.